The SMILES string of the molecule is CCSC(=O)N1CSC[C@H]1C(=O)OC. The van der Waals surface area contributed by atoms with Gasteiger partial charge in [0.25, 0.3) is 5.24 Å². The van der Waals surface area contributed by atoms with Crippen molar-refractivity contribution in [2.45, 2.75) is 13.0 Å². The Morgan fingerprint density at radius 3 is 2.93 bits per heavy atom. The third kappa shape index (κ3) is 2.57. The zero-order valence-electron chi connectivity index (χ0n) is 8.19. The molecule has 0 aromatic carbocycles. The van der Waals surface area contributed by atoms with Crippen LogP contribution in [-0.2, 0) is 9.53 Å². The minimum atomic E-state index is -0.392. The van der Waals surface area contributed by atoms with Gasteiger partial charge in [-0.15, -0.1) is 11.8 Å². The molecule has 1 aliphatic heterocycles. The number of esters is 1. The average molecular weight is 235 g/mol. The van der Waals surface area contributed by atoms with E-state index >= 15 is 0 Å². The summed E-state index contributed by atoms with van der Waals surface area (Å²) in [5.74, 6) is 1.64. The normalized spacial score (nSPS) is 21.0. The fourth-order valence-corrected chi connectivity index (χ4v) is 2.99. The predicted molar refractivity (Wildman–Crippen MR) is 58.5 cm³/mol. The van der Waals surface area contributed by atoms with Crippen molar-refractivity contribution in [3.05, 3.63) is 0 Å². The Hall–Kier alpha value is -0.360. The van der Waals surface area contributed by atoms with Crippen molar-refractivity contribution in [2.24, 2.45) is 0 Å². The van der Waals surface area contributed by atoms with E-state index in [9.17, 15) is 9.59 Å². The second-order valence-corrected chi connectivity index (χ2v) is 4.92. The lowest BCUT2D eigenvalue weighted by atomic mass is 10.3. The Labute approximate surface area is 91.7 Å². The fourth-order valence-electron chi connectivity index (χ4n) is 1.16. The van der Waals surface area contributed by atoms with Crippen LogP contribution in [0.25, 0.3) is 0 Å². The van der Waals surface area contributed by atoms with Crippen molar-refractivity contribution in [2.75, 3.05) is 24.5 Å². The maximum atomic E-state index is 11.5. The van der Waals surface area contributed by atoms with Crippen LogP contribution in [0.4, 0.5) is 4.79 Å². The van der Waals surface area contributed by atoms with Crippen molar-refractivity contribution < 1.29 is 14.3 Å². The summed E-state index contributed by atoms with van der Waals surface area (Å²) >= 11 is 2.81. The molecule has 0 aliphatic carbocycles. The van der Waals surface area contributed by atoms with Crippen LogP contribution in [0, 0.1) is 0 Å². The fraction of sp³-hybridized carbons (Fsp3) is 0.750. The molecule has 0 spiro atoms. The van der Waals surface area contributed by atoms with Crippen LogP contribution >= 0.6 is 23.5 Å². The minimum absolute atomic E-state index is 0.0344. The van der Waals surface area contributed by atoms with Gasteiger partial charge in [0, 0.05) is 5.75 Å². The van der Waals surface area contributed by atoms with Gasteiger partial charge in [0.15, 0.2) is 0 Å². The molecular formula is C8H13NO3S2. The Balaban J connectivity index is 2.59. The molecule has 4 nitrogen and oxygen atoms in total. The Morgan fingerprint density at radius 1 is 1.64 bits per heavy atom. The number of carbonyl (C=O) groups excluding carboxylic acids is 2. The summed E-state index contributed by atoms with van der Waals surface area (Å²) in [5, 5.41) is -0.0344. The zero-order chi connectivity index (χ0) is 10.6. The Bertz CT molecular complexity index is 235. The van der Waals surface area contributed by atoms with E-state index in [1.807, 2.05) is 6.92 Å². The lowest BCUT2D eigenvalue weighted by molar-refractivity contribution is -0.144. The number of hydrogen-bond acceptors (Lipinski definition) is 5. The molecule has 0 N–H and O–H groups in total. The summed E-state index contributed by atoms with van der Waals surface area (Å²) in [6, 6.07) is -0.392. The molecule has 80 valence electrons. The second-order valence-electron chi connectivity index (χ2n) is 2.71. The third-order valence-electron chi connectivity index (χ3n) is 1.86. The van der Waals surface area contributed by atoms with Crippen LogP contribution in [-0.4, -0.2) is 46.6 Å². The molecular weight excluding hydrogens is 222 g/mol. The smallest absolute Gasteiger partial charge is 0.329 e. The molecule has 1 saturated heterocycles. The highest BCUT2D eigenvalue weighted by atomic mass is 32.2. The Morgan fingerprint density at radius 2 is 2.36 bits per heavy atom. The first-order valence-electron chi connectivity index (χ1n) is 4.29. The van der Waals surface area contributed by atoms with Crippen LogP contribution < -0.4 is 0 Å². The molecule has 1 fully saturated rings. The van der Waals surface area contributed by atoms with Gasteiger partial charge in [-0.3, -0.25) is 4.79 Å². The molecule has 0 unspecified atom stereocenters. The summed E-state index contributed by atoms with van der Waals surface area (Å²) < 4.78 is 4.64. The van der Waals surface area contributed by atoms with Gasteiger partial charge in [-0.2, -0.15) is 0 Å². The monoisotopic (exact) mass is 235 g/mol. The topological polar surface area (TPSA) is 46.6 Å². The summed E-state index contributed by atoms with van der Waals surface area (Å²) in [4.78, 5) is 24.4. The molecule has 0 bridgehead atoms. The van der Waals surface area contributed by atoms with Crippen LogP contribution in [0.1, 0.15) is 6.92 Å². The van der Waals surface area contributed by atoms with Crippen molar-refractivity contribution >= 4 is 34.7 Å². The van der Waals surface area contributed by atoms with E-state index in [2.05, 4.69) is 4.74 Å². The number of thioether (sulfide) groups is 2. The van der Waals surface area contributed by atoms with Gasteiger partial charge in [-0.1, -0.05) is 18.7 Å². The first kappa shape index (κ1) is 11.7. The standard InChI is InChI=1S/C8H13NO3S2/c1-3-14-8(11)9-5-13-4-6(9)7(10)12-2/h6H,3-5H2,1-2H3/t6-/m0/s1. The first-order chi connectivity index (χ1) is 6.70. The molecule has 1 amide bonds. The molecule has 1 rings (SSSR count). The maximum Gasteiger partial charge on any atom is 0.329 e. The number of methoxy groups -OCH3 is 1. The van der Waals surface area contributed by atoms with Gasteiger partial charge < -0.3 is 9.64 Å². The largest absolute Gasteiger partial charge is 0.467 e. The van der Waals surface area contributed by atoms with E-state index in [0.717, 1.165) is 5.75 Å². The quantitative estimate of drug-likeness (QED) is 0.677. The number of rotatable bonds is 2. The average Bonchev–Trinajstić information content (AvgIpc) is 2.65. The number of ether oxygens (including phenoxy) is 1. The van der Waals surface area contributed by atoms with Crippen molar-refractivity contribution in [3.63, 3.8) is 0 Å². The Kier molecular flexibility index (Phi) is 4.60. The summed E-state index contributed by atoms with van der Waals surface area (Å²) in [6.45, 7) is 1.92. The molecule has 1 aliphatic rings. The van der Waals surface area contributed by atoms with E-state index in [-0.39, 0.29) is 11.2 Å². The van der Waals surface area contributed by atoms with E-state index in [1.54, 1.807) is 16.7 Å². The highest BCUT2D eigenvalue weighted by Crippen LogP contribution is 2.25. The third-order valence-corrected chi connectivity index (χ3v) is 3.64. The van der Waals surface area contributed by atoms with Crippen LogP contribution in [0.2, 0.25) is 0 Å². The molecule has 0 aromatic rings. The van der Waals surface area contributed by atoms with Crippen LogP contribution in [0.15, 0.2) is 0 Å². The maximum absolute atomic E-state index is 11.5. The van der Waals surface area contributed by atoms with E-state index in [1.165, 1.54) is 18.9 Å². The van der Waals surface area contributed by atoms with Gasteiger partial charge in [0.1, 0.15) is 6.04 Å². The number of amides is 1. The second kappa shape index (κ2) is 5.50. The van der Waals surface area contributed by atoms with Gasteiger partial charge in [0.2, 0.25) is 0 Å². The number of nitrogens with zero attached hydrogens (tertiary/aromatic N) is 1. The summed E-state index contributed by atoms with van der Waals surface area (Å²) in [6.07, 6.45) is 0. The van der Waals surface area contributed by atoms with Crippen molar-refractivity contribution in [1.82, 2.24) is 4.90 Å². The zero-order valence-corrected chi connectivity index (χ0v) is 9.82. The van der Waals surface area contributed by atoms with Crippen molar-refractivity contribution in [3.8, 4) is 0 Å². The molecule has 0 aromatic heterocycles. The van der Waals surface area contributed by atoms with Crippen LogP contribution in [0.3, 0.4) is 0 Å². The molecule has 6 heteroatoms. The van der Waals surface area contributed by atoms with Crippen molar-refractivity contribution in [1.29, 1.82) is 0 Å². The number of carbonyl (C=O) groups is 2. The highest BCUT2D eigenvalue weighted by molar-refractivity contribution is 8.13. The predicted octanol–water partition coefficient (Wildman–Crippen LogP) is 1.41. The van der Waals surface area contributed by atoms with Gasteiger partial charge >= 0.3 is 5.97 Å². The molecule has 0 saturated carbocycles. The lowest BCUT2D eigenvalue weighted by Crippen LogP contribution is -2.40. The highest BCUT2D eigenvalue weighted by Gasteiger charge is 2.35. The van der Waals surface area contributed by atoms with E-state index < -0.39 is 6.04 Å². The summed E-state index contributed by atoms with van der Waals surface area (Å²) in [5.41, 5.74) is 0. The van der Waals surface area contributed by atoms with Crippen LogP contribution in [0.5, 0.6) is 0 Å². The lowest BCUT2D eigenvalue weighted by Gasteiger charge is -2.20. The van der Waals surface area contributed by atoms with Gasteiger partial charge in [0.05, 0.1) is 13.0 Å². The first-order valence-corrected chi connectivity index (χ1v) is 6.43. The molecule has 1 atom stereocenters. The van der Waals surface area contributed by atoms with E-state index in [0.29, 0.717) is 11.6 Å². The molecule has 1 heterocycles. The van der Waals surface area contributed by atoms with E-state index in [4.69, 9.17) is 0 Å². The van der Waals surface area contributed by atoms with Gasteiger partial charge in [-0.05, 0) is 5.75 Å². The summed E-state index contributed by atoms with van der Waals surface area (Å²) in [7, 11) is 1.35. The molecule has 0 radical (unpaired) electrons. The number of hydrogen-bond donors (Lipinski definition) is 0. The van der Waals surface area contributed by atoms with Gasteiger partial charge in [-0.25, -0.2) is 4.79 Å². The molecule has 14 heavy (non-hydrogen) atoms. The minimum Gasteiger partial charge on any atom is -0.467 e.